The van der Waals surface area contributed by atoms with E-state index in [4.69, 9.17) is 0 Å². The molecule has 0 radical (unpaired) electrons. The van der Waals surface area contributed by atoms with Gasteiger partial charge in [-0.1, -0.05) is 25.2 Å². The first kappa shape index (κ1) is 8.75. The van der Waals surface area contributed by atoms with Crippen LogP contribution < -0.4 is 18.9 Å². The standard InChI is InChI=1S/C7H8N.Li/c1-6-4-3-5-7(2)8-6;/h4-5H,1-2H3;/q-1;+1. The van der Waals surface area contributed by atoms with Crippen LogP contribution in [0.25, 0.3) is 0 Å². The largest absolute Gasteiger partial charge is 1.00 e. The van der Waals surface area contributed by atoms with Crippen molar-refractivity contribution in [1.29, 1.82) is 0 Å². The van der Waals surface area contributed by atoms with Crippen molar-refractivity contribution < 1.29 is 18.9 Å². The fourth-order valence-corrected chi connectivity index (χ4v) is 0.626. The Kier molecular flexibility index (Phi) is 3.61. The average molecular weight is 113 g/mol. The minimum atomic E-state index is 0. The van der Waals surface area contributed by atoms with E-state index in [0.29, 0.717) is 0 Å². The molecule has 0 unspecified atom stereocenters. The molecule has 0 saturated heterocycles. The van der Waals surface area contributed by atoms with Gasteiger partial charge in [0.25, 0.3) is 0 Å². The number of rotatable bonds is 0. The Bertz CT molecular complexity index is 169. The molecule has 1 heterocycles. The van der Waals surface area contributed by atoms with E-state index in [0.717, 1.165) is 11.4 Å². The summed E-state index contributed by atoms with van der Waals surface area (Å²) in [5.41, 5.74) is 2.06. The van der Waals surface area contributed by atoms with Gasteiger partial charge in [-0.25, -0.2) is 0 Å². The second-order valence-electron chi connectivity index (χ2n) is 1.85. The minimum absolute atomic E-state index is 0. The van der Waals surface area contributed by atoms with E-state index in [1.807, 2.05) is 26.0 Å². The van der Waals surface area contributed by atoms with Crippen LogP contribution in [-0.2, 0) is 0 Å². The molecule has 0 spiro atoms. The molecule has 0 saturated carbocycles. The molecular weight excluding hydrogens is 105 g/mol. The van der Waals surface area contributed by atoms with Crippen LogP contribution in [0.2, 0.25) is 0 Å². The Morgan fingerprint density at radius 2 is 1.67 bits per heavy atom. The predicted molar refractivity (Wildman–Crippen MR) is 32.5 cm³/mol. The zero-order valence-electron chi connectivity index (χ0n) is 6.10. The van der Waals surface area contributed by atoms with Crippen molar-refractivity contribution >= 4 is 0 Å². The summed E-state index contributed by atoms with van der Waals surface area (Å²) in [5.74, 6) is 0. The van der Waals surface area contributed by atoms with Gasteiger partial charge in [-0.15, -0.1) is 0 Å². The molecule has 0 aliphatic heterocycles. The SMILES string of the molecule is Cc1c[c-]cc(C)n1.[Li+]. The van der Waals surface area contributed by atoms with Crippen molar-refractivity contribution in [3.8, 4) is 0 Å². The molecule has 0 aromatic carbocycles. The van der Waals surface area contributed by atoms with Crippen molar-refractivity contribution in [3.63, 3.8) is 0 Å². The number of hydrogen-bond donors (Lipinski definition) is 0. The monoisotopic (exact) mass is 113 g/mol. The van der Waals surface area contributed by atoms with Crippen LogP contribution in [0.5, 0.6) is 0 Å². The quantitative estimate of drug-likeness (QED) is 0.295. The van der Waals surface area contributed by atoms with Crippen LogP contribution in [0.1, 0.15) is 11.4 Å². The smallest absolute Gasteiger partial charge is 0.385 e. The second-order valence-corrected chi connectivity index (χ2v) is 1.85. The maximum atomic E-state index is 4.14. The Morgan fingerprint density at radius 1 is 1.22 bits per heavy atom. The summed E-state index contributed by atoms with van der Waals surface area (Å²) >= 11 is 0. The molecular formula is C7H8LiN. The fourth-order valence-electron chi connectivity index (χ4n) is 0.626. The number of aromatic nitrogens is 1. The van der Waals surface area contributed by atoms with Crippen LogP contribution in [0, 0.1) is 19.9 Å². The fraction of sp³-hybridized carbons (Fsp3) is 0.286. The Balaban J connectivity index is 0.000000640. The summed E-state index contributed by atoms with van der Waals surface area (Å²) in [6.45, 7) is 3.92. The molecule has 1 nitrogen and oxygen atoms in total. The van der Waals surface area contributed by atoms with Crippen LogP contribution >= 0.6 is 0 Å². The Hall–Kier alpha value is -0.253. The van der Waals surface area contributed by atoms with Gasteiger partial charge in [-0.2, -0.15) is 18.2 Å². The van der Waals surface area contributed by atoms with Crippen molar-refractivity contribution in [1.82, 2.24) is 4.98 Å². The molecule has 2 heteroatoms. The predicted octanol–water partition coefficient (Wildman–Crippen LogP) is -1.50. The van der Waals surface area contributed by atoms with Crippen LogP contribution in [0.4, 0.5) is 0 Å². The maximum absolute atomic E-state index is 4.14. The van der Waals surface area contributed by atoms with Crippen molar-refractivity contribution in [2.45, 2.75) is 13.8 Å². The maximum Gasteiger partial charge on any atom is 1.00 e. The van der Waals surface area contributed by atoms with Gasteiger partial charge in [0, 0.05) is 0 Å². The molecule has 1 aromatic heterocycles. The number of aryl methyl sites for hydroxylation is 2. The first-order valence-electron chi connectivity index (χ1n) is 2.60. The van der Waals surface area contributed by atoms with E-state index >= 15 is 0 Å². The summed E-state index contributed by atoms with van der Waals surface area (Å²) in [7, 11) is 0. The summed E-state index contributed by atoms with van der Waals surface area (Å²) < 4.78 is 0. The summed E-state index contributed by atoms with van der Waals surface area (Å²) in [4.78, 5) is 4.14. The molecule has 1 rings (SSSR count). The van der Waals surface area contributed by atoms with E-state index in [2.05, 4.69) is 11.1 Å². The van der Waals surface area contributed by atoms with Gasteiger partial charge in [-0.05, 0) is 0 Å². The van der Waals surface area contributed by atoms with E-state index in [1.165, 1.54) is 0 Å². The second kappa shape index (κ2) is 3.71. The normalized spacial score (nSPS) is 8.22. The zero-order valence-corrected chi connectivity index (χ0v) is 6.10. The van der Waals surface area contributed by atoms with Gasteiger partial charge >= 0.3 is 18.9 Å². The molecule has 1 aromatic rings. The van der Waals surface area contributed by atoms with Gasteiger partial charge in [0.2, 0.25) is 0 Å². The molecule has 0 fully saturated rings. The van der Waals surface area contributed by atoms with Gasteiger partial charge in [0.1, 0.15) is 0 Å². The van der Waals surface area contributed by atoms with Gasteiger partial charge in [0.05, 0.1) is 0 Å². The molecule has 0 bridgehead atoms. The number of pyridine rings is 1. The van der Waals surface area contributed by atoms with E-state index in [1.54, 1.807) is 0 Å². The van der Waals surface area contributed by atoms with Crippen LogP contribution in [0.15, 0.2) is 12.1 Å². The van der Waals surface area contributed by atoms with Gasteiger partial charge < -0.3 is 4.98 Å². The van der Waals surface area contributed by atoms with Crippen molar-refractivity contribution in [2.24, 2.45) is 0 Å². The van der Waals surface area contributed by atoms with Crippen LogP contribution in [-0.4, -0.2) is 4.98 Å². The third kappa shape index (κ3) is 2.69. The third-order valence-corrected chi connectivity index (χ3v) is 0.937. The molecule has 0 atom stereocenters. The van der Waals surface area contributed by atoms with E-state index in [9.17, 15) is 0 Å². The summed E-state index contributed by atoms with van der Waals surface area (Å²) in [5, 5.41) is 0. The zero-order chi connectivity index (χ0) is 5.98. The average Bonchev–Trinajstić information content (AvgIpc) is 1.64. The summed E-state index contributed by atoms with van der Waals surface area (Å²) in [6, 6.07) is 6.70. The van der Waals surface area contributed by atoms with Crippen molar-refractivity contribution in [2.75, 3.05) is 0 Å². The molecule has 0 aliphatic carbocycles. The Morgan fingerprint density at radius 3 is 1.89 bits per heavy atom. The van der Waals surface area contributed by atoms with E-state index in [-0.39, 0.29) is 18.9 Å². The first-order chi connectivity index (χ1) is 3.79. The molecule has 0 aliphatic rings. The van der Waals surface area contributed by atoms with Gasteiger partial charge in [0.15, 0.2) is 0 Å². The topological polar surface area (TPSA) is 12.9 Å². The minimum Gasteiger partial charge on any atom is -0.385 e. The summed E-state index contributed by atoms with van der Waals surface area (Å²) in [6.07, 6.45) is 0. The molecule has 0 amide bonds. The van der Waals surface area contributed by atoms with Crippen LogP contribution in [0.3, 0.4) is 0 Å². The Labute approximate surface area is 67.7 Å². The molecule has 0 N–H and O–H groups in total. The third-order valence-electron chi connectivity index (χ3n) is 0.937. The molecule has 42 valence electrons. The van der Waals surface area contributed by atoms with Crippen molar-refractivity contribution in [3.05, 3.63) is 29.6 Å². The van der Waals surface area contributed by atoms with Gasteiger partial charge in [-0.3, -0.25) is 0 Å². The number of hydrogen-bond acceptors (Lipinski definition) is 1. The van der Waals surface area contributed by atoms with E-state index < -0.39 is 0 Å². The first-order valence-corrected chi connectivity index (χ1v) is 2.60. The molecule has 9 heavy (non-hydrogen) atoms. The number of nitrogens with zero attached hydrogens (tertiary/aromatic N) is 1.